The highest BCUT2D eigenvalue weighted by atomic mass is 127. The minimum atomic E-state index is 0. The number of nitrogens with one attached hydrogen (secondary N) is 1. The summed E-state index contributed by atoms with van der Waals surface area (Å²) >= 11 is 0. The van der Waals surface area contributed by atoms with Crippen LogP contribution < -0.4 is 10.2 Å². The molecule has 134 valence electrons. The van der Waals surface area contributed by atoms with Crippen molar-refractivity contribution < 1.29 is 5.11 Å². The third-order valence-corrected chi connectivity index (χ3v) is 4.31. The zero-order valence-electron chi connectivity index (χ0n) is 14.4. The first-order chi connectivity index (χ1) is 11.8. The fourth-order valence-corrected chi connectivity index (χ4v) is 3.00. The molecular weight excluding hydrogens is 427 g/mol. The Kier molecular flexibility index (Phi) is 7.36. The van der Waals surface area contributed by atoms with Gasteiger partial charge < -0.3 is 20.2 Å². The maximum absolute atomic E-state index is 10.0. The topological polar surface area (TPSA) is 51.1 Å². The fourth-order valence-electron chi connectivity index (χ4n) is 3.00. The molecular formula is C19H25IN4O. The van der Waals surface area contributed by atoms with Crippen molar-refractivity contribution >= 4 is 35.6 Å². The van der Waals surface area contributed by atoms with Gasteiger partial charge in [-0.1, -0.05) is 42.5 Å². The molecule has 0 saturated carbocycles. The molecule has 6 heteroatoms. The molecule has 0 unspecified atom stereocenters. The van der Waals surface area contributed by atoms with Crippen LogP contribution in [-0.2, 0) is 6.54 Å². The van der Waals surface area contributed by atoms with Crippen molar-refractivity contribution in [3.05, 3.63) is 60.2 Å². The van der Waals surface area contributed by atoms with Crippen LogP contribution in [0.5, 0.6) is 5.75 Å². The Morgan fingerprint density at radius 1 is 1.00 bits per heavy atom. The normalized spacial score (nSPS) is 14.8. The highest BCUT2D eigenvalue weighted by molar-refractivity contribution is 14.0. The number of hydrogen-bond acceptors (Lipinski definition) is 3. The van der Waals surface area contributed by atoms with Crippen LogP contribution in [0.4, 0.5) is 5.69 Å². The van der Waals surface area contributed by atoms with Crippen molar-refractivity contribution in [2.45, 2.75) is 6.54 Å². The molecule has 0 amide bonds. The lowest BCUT2D eigenvalue weighted by Crippen LogP contribution is -2.52. The summed E-state index contributed by atoms with van der Waals surface area (Å²) in [5.41, 5.74) is 2.15. The lowest BCUT2D eigenvalue weighted by atomic mass is 10.2. The average Bonchev–Trinajstić information content (AvgIpc) is 2.64. The number of piperazine rings is 1. The number of halogens is 1. The fraction of sp³-hybridized carbons (Fsp3) is 0.316. The van der Waals surface area contributed by atoms with E-state index < -0.39 is 0 Å². The van der Waals surface area contributed by atoms with Gasteiger partial charge in [-0.25, -0.2) is 0 Å². The van der Waals surface area contributed by atoms with Crippen molar-refractivity contribution in [2.24, 2.45) is 4.99 Å². The van der Waals surface area contributed by atoms with Crippen LogP contribution in [0.25, 0.3) is 0 Å². The molecule has 3 rings (SSSR count). The second-order valence-corrected chi connectivity index (χ2v) is 5.85. The van der Waals surface area contributed by atoms with E-state index in [1.807, 2.05) is 43.4 Å². The SMILES string of the molecule is CN=C(NCc1ccccc1)N1CCN(c2ccccc2O)CC1.I. The van der Waals surface area contributed by atoms with Crippen molar-refractivity contribution in [3.63, 3.8) is 0 Å². The molecule has 2 aromatic rings. The zero-order chi connectivity index (χ0) is 16.8. The number of para-hydroxylation sites is 2. The number of hydrogen-bond donors (Lipinski definition) is 2. The molecule has 1 fully saturated rings. The van der Waals surface area contributed by atoms with Crippen LogP contribution in [0.1, 0.15) is 5.56 Å². The van der Waals surface area contributed by atoms with E-state index in [0.717, 1.165) is 44.4 Å². The Balaban J connectivity index is 0.00000225. The molecule has 0 atom stereocenters. The van der Waals surface area contributed by atoms with Crippen molar-refractivity contribution in [3.8, 4) is 5.75 Å². The first-order valence-electron chi connectivity index (χ1n) is 8.30. The molecule has 25 heavy (non-hydrogen) atoms. The summed E-state index contributed by atoms with van der Waals surface area (Å²) < 4.78 is 0. The highest BCUT2D eigenvalue weighted by Crippen LogP contribution is 2.27. The Hall–Kier alpha value is -1.96. The van der Waals surface area contributed by atoms with E-state index in [1.54, 1.807) is 6.07 Å². The third-order valence-electron chi connectivity index (χ3n) is 4.31. The second kappa shape index (κ2) is 9.50. The summed E-state index contributed by atoms with van der Waals surface area (Å²) in [6.07, 6.45) is 0. The van der Waals surface area contributed by atoms with E-state index in [0.29, 0.717) is 5.75 Å². The molecule has 0 aliphatic carbocycles. The number of phenols is 1. The summed E-state index contributed by atoms with van der Waals surface area (Å²) in [6.45, 7) is 4.26. The first-order valence-corrected chi connectivity index (χ1v) is 8.30. The maximum Gasteiger partial charge on any atom is 0.194 e. The first kappa shape index (κ1) is 19.4. The molecule has 1 saturated heterocycles. The Morgan fingerprint density at radius 3 is 2.28 bits per heavy atom. The molecule has 0 bridgehead atoms. The summed E-state index contributed by atoms with van der Waals surface area (Å²) in [7, 11) is 1.82. The number of rotatable bonds is 3. The molecule has 1 heterocycles. The largest absolute Gasteiger partial charge is 0.506 e. The van der Waals surface area contributed by atoms with Gasteiger partial charge in [-0.2, -0.15) is 0 Å². The number of anilines is 1. The standard InChI is InChI=1S/C19H24N4O.HI/c1-20-19(21-15-16-7-3-2-4-8-16)23-13-11-22(12-14-23)17-9-5-6-10-18(17)24;/h2-10,24H,11-15H2,1H3,(H,20,21);1H. The highest BCUT2D eigenvalue weighted by Gasteiger charge is 2.21. The maximum atomic E-state index is 10.0. The lowest BCUT2D eigenvalue weighted by molar-refractivity contribution is 0.369. The summed E-state index contributed by atoms with van der Waals surface area (Å²) in [5, 5.41) is 13.4. The van der Waals surface area contributed by atoms with E-state index >= 15 is 0 Å². The van der Waals surface area contributed by atoms with Gasteiger partial charge in [0.1, 0.15) is 5.75 Å². The molecule has 2 N–H and O–H groups in total. The third kappa shape index (κ3) is 5.01. The Bertz CT molecular complexity index is 685. The number of aliphatic imine (C=N–C) groups is 1. The van der Waals surface area contributed by atoms with Crippen molar-refractivity contribution in [2.75, 3.05) is 38.1 Å². The Labute approximate surface area is 166 Å². The summed E-state index contributed by atoms with van der Waals surface area (Å²) in [6, 6.07) is 17.8. The van der Waals surface area contributed by atoms with Crippen LogP contribution >= 0.6 is 24.0 Å². The van der Waals surface area contributed by atoms with Gasteiger partial charge in [0.05, 0.1) is 5.69 Å². The molecule has 1 aliphatic heterocycles. The summed E-state index contributed by atoms with van der Waals surface area (Å²) in [4.78, 5) is 8.89. The smallest absolute Gasteiger partial charge is 0.194 e. The monoisotopic (exact) mass is 452 g/mol. The van der Waals surface area contributed by atoms with E-state index in [2.05, 4.69) is 32.2 Å². The minimum absolute atomic E-state index is 0. The van der Waals surface area contributed by atoms with Gasteiger partial charge in [0.2, 0.25) is 0 Å². The van der Waals surface area contributed by atoms with Gasteiger partial charge >= 0.3 is 0 Å². The van der Waals surface area contributed by atoms with Crippen LogP contribution in [0.15, 0.2) is 59.6 Å². The van der Waals surface area contributed by atoms with Gasteiger partial charge in [0, 0.05) is 39.8 Å². The Morgan fingerprint density at radius 2 is 1.64 bits per heavy atom. The zero-order valence-corrected chi connectivity index (χ0v) is 16.8. The summed E-state index contributed by atoms with van der Waals surface area (Å²) in [5.74, 6) is 1.27. The van der Waals surface area contributed by atoms with Gasteiger partial charge in [-0.3, -0.25) is 4.99 Å². The average molecular weight is 452 g/mol. The van der Waals surface area contributed by atoms with Crippen molar-refractivity contribution in [1.82, 2.24) is 10.2 Å². The molecule has 1 aliphatic rings. The van der Waals surface area contributed by atoms with Gasteiger partial charge in [0.25, 0.3) is 0 Å². The number of nitrogens with zero attached hydrogens (tertiary/aromatic N) is 3. The molecule has 0 radical (unpaired) electrons. The number of benzene rings is 2. The predicted molar refractivity (Wildman–Crippen MR) is 114 cm³/mol. The predicted octanol–water partition coefficient (Wildman–Crippen LogP) is 2.91. The van der Waals surface area contributed by atoms with E-state index in [4.69, 9.17) is 0 Å². The molecule has 0 spiro atoms. The molecule has 5 nitrogen and oxygen atoms in total. The van der Waals surface area contributed by atoms with Gasteiger partial charge in [-0.05, 0) is 17.7 Å². The van der Waals surface area contributed by atoms with Crippen LogP contribution in [0, 0.1) is 0 Å². The van der Waals surface area contributed by atoms with E-state index in [9.17, 15) is 5.11 Å². The number of guanidine groups is 1. The van der Waals surface area contributed by atoms with Gasteiger partial charge in [0.15, 0.2) is 5.96 Å². The second-order valence-electron chi connectivity index (χ2n) is 5.85. The van der Waals surface area contributed by atoms with Crippen molar-refractivity contribution in [1.29, 1.82) is 0 Å². The van der Waals surface area contributed by atoms with Crippen LogP contribution in [0.3, 0.4) is 0 Å². The minimum Gasteiger partial charge on any atom is -0.506 e. The lowest BCUT2D eigenvalue weighted by Gasteiger charge is -2.37. The molecule has 2 aromatic carbocycles. The van der Waals surface area contributed by atoms with E-state index in [-0.39, 0.29) is 24.0 Å². The molecule has 0 aromatic heterocycles. The number of phenolic OH excluding ortho intramolecular Hbond substituents is 1. The van der Waals surface area contributed by atoms with Crippen LogP contribution in [-0.4, -0.2) is 49.2 Å². The van der Waals surface area contributed by atoms with Crippen LogP contribution in [0.2, 0.25) is 0 Å². The quantitative estimate of drug-likeness (QED) is 0.427. The van der Waals surface area contributed by atoms with E-state index in [1.165, 1.54) is 5.56 Å². The van der Waals surface area contributed by atoms with Gasteiger partial charge in [-0.15, -0.1) is 24.0 Å². The number of aromatic hydroxyl groups is 1.